The predicted octanol–water partition coefficient (Wildman–Crippen LogP) is 2.81. The first-order valence-electron chi connectivity index (χ1n) is 10.4. The molecule has 1 atom stereocenters. The molecule has 2 aliphatic rings. The number of hydrogen-bond donors (Lipinski definition) is 0. The molecule has 2 saturated heterocycles. The maximum Gasteiger partial charge on any atom is 0.228 e. The number of benzene rings is 1. The highest BCUT2D eigenvalue weighted by atomic mass is 32.2. The maximum absolute atomic E-state index is 13.0. The summed E-state index contributed by atoms with van der Waals surface area (Å²) in [6.45, 7) is 1.99. The summed E-state index contributed by atoms with van der Waals surface area (Å²) in [5.74, 6) is 2.18. The van der Waals surface area contributed by atoms with Crippen molar-refractivity contribution in [2.24, 2.45) is 18.9 Å². The van der Waals surface area contributed by atoms with Crippen LogP contribution >= 0.6 is 11.8 Å². The third kappa shape index (κ3) is 4.48. The smallest absolute Gasteiger partial charge is 0.228 e. The van der Waals surface area contributed by atoms with Gasteiger partial charge in [0.1, 0.15) is 5.75 Å². The largest absolute Gasteiger partial charge is 0.497 e. The Labute approximate surface area is 181 Å². The molecule has 4 rings (SSSR count). The molecule has 1 unspecified atom stereocenters. The number of imidazole rings is 1. The molecule has 2 fully saturated rings. The Morgan fingerprint density at radius 2 is 2.10 bits per heavy atom. The molecule has 8 heteroatoms. The number of ether oxygens (including phenoxy) is 1. The van der Waals surface area contributed by atoms with Gasteiger partial charge in [0.2, 0.25) is 11.8 Å². The average molecular weight is 429 g/mol. The van der Waals surface area contributed by atoms with Crippen LogP contribution in [0.2, 0.25) is 0 Å². The van der Waals surface area contributed by atoms with Crippen molar-refractivity contribution in [3.63, 3.8) is 0 Å². The van der Waals surface area contributed by atoms with E-state index in [1.807, 2.05) is 53.2 Å². The Bertz CT molecular complexity index is 907. The molecule has 3 heterocycles. The van der Waals surface area contributed by atoms with Crippen LogP contribution in [-0.2, 0) is 16.6 Å². The minimum absolute atomic E-state index is 0.00274. The van der Waals surface area contributed by atoms with E-state index in [0.29, 0.717) is 18.2 Å². The Kier molecular flexibility index (Phi) is 6.32. The van der Waals surface area contributed by atoms with Crippen LogP contribution in [-0.4, -0.2) is 58.8 Å². The zero-order valence-corrected chi connectivity index (χ0v) is 18.3. The number of rotatable bonds is 6. The van der Waals surface area contributed by atoms with Gasteiger partial charge in [-0.25, -0.2) is 4.98 Å². The van der Waals surface area contributed by atoms with Gasteiger partial charge >= 0.3 is 0 Å². The highest BCUT2D eigenvalue weighted by Gasteiger charge is 2.38. The quantitative estimate of drug-likeness (QED) is 0.662. The van der Waals surface area contributed by atoms with Crippen LogP contribution in [0.4, 0.5) is 5.69 Å². The van der Waals surface area contributed by atoms with E-state index in [-0.39, 0.29) is 24.2 Å². The number of methoxy groups -OCH3 is 1. The second kappa shape index (κ2) is 9.12. The van der Waals surface area contributed by atoms with Crippen molar-refractivity contribution in [3.8, 4) is 5.75 Å². The molecular formula is C22H28N4O3S. The zero-order valence-electron chi connectivity index (χ0n) is 17.5. The molecule has 160 valence electrons. The number of hydrogen-bond acceptors (Lipinski definition) is 5. The number of piperidine rings is 1. The lowest BCUT2D eigenvalue weighted by Gasteiger charge is -2.33. The molecule has 2 aromatic rings. The summed E-state index contributed by atoms with van der Waals surface area (Å²) in [6, 6.07) is 7.45. The van der Waals surface area contributed by atoms with Crippen LogP contribution in [0.25, 0.3) is 0 Å². The van der Waals surface area contributed by atoms with Crippen molar-refractivity contribution in [3.05, 3.63) is 36.7 Å². The van der Waals surface area contributed by atoms with Crippen LogP contribution < -0.4 is 9.64 Å². The van der Waals surface area contributed by atoms with Gasteiger partial charge in [-0.2, -0.15) is 0 Å². The topological polar surface area (TPSA) is 67.7 Å². The van der Waals surface area contributed by atoms with E-state index < -0.39 is 0 Å². The van der Waals surface area contributed by atoms with E-state index in [1.165, 1.54) is 0 Å². The molecule has 0 spiro atoms. The van der Waals surface area contributed by atoms with Gasteiger partial charge in [0.15, 0.2) is 5.16 Å². The second-order valence-corrected chi connectivity index (χ2v) is 8.99. The molecule has 0 radical (unpaired) electrons. The number of aryl methyl sites for hydroxylation is 1. The lowest BCUT2D eigenvalue weighted by atomic mass is 9.97. The lowest BCUT2D eigenvalue weighted by Crippen LogP contribution is -2.42. The Balaban J connectivity index is 1.29. The van der Waals surface area contributed by atoms with Gasteiger partial charge in [0.25, 0.3) is 0 Å². The van der Waals surface area contributed by atoms with Gasteiger partial charge in [0.05, 0.1) is 13.0 Å². The molecule has 2 aliphatic heterocycles. The zero-order chi connectivity index (χ0) is 21.1. The van der Waals surface area contributed by atoms with Crippen LogP contribution in [0.1, 0.15) is 19.3 Å². The van der Waals surface area contributed by atoms with Crippen LogP contribution in [0.15, 0.2) is 41.8 Å². The number of likely N-dealkylation sites (tertiary alicyclic amines) is 1. The fourth-order valence-electron chi connectivity index (χ4n) is 4.16. The Morgan fingerprint density at radius 3 is 2.80 bits per heavy atom. The fourth-order valence-corrected chi connectivity index (χ4v) is 5.28. The minimum Gasteiger partial charge on any atom is -0.497 e. The molecule has 0 aliphatic carbocycles. The van der Waals surface area contributed by atoms with Crippen molar-refractivity contribution >= 4 is 29.3 Å². The van der Waals surface area contributed by atoms with E-state index in [4.69, 9.17) is 4.74 Å². The number of aromatic nitrogens is 2. The number of carbonyl (C=O) groups excluding carboxylic acids is 2. The number of anilines is 1. The van der Waals surface area contributed by atoms with Gasteiger partial charge in [-0.3, -0.25) is 9.59 Å². The molecule has 2 amide bonds. The lowest BCUT2D eigenvalue weighted by molar-refractivity contribution is -0.137. The van der Waals surface area contributed by atoms with Gasteiger partial charge in [0, 0.05) is 63.0 Å². The van der Waals surface area contributed by atoms with Crippen molar-refractivity contribution in [1.82, 2.24) is 14.5 Å². The molecular weight excluding hydrogens is 400 g/mol. The SMILES string of the molecule is COc1cccc(N2CC(C(=O)N3CCC(CSc4nccn4C)CC3)CC2=O)c1. The van der Waals surface area contributed by atoms with Crippen LogP contribution in [0.5, 0.6) is 5.75 Å². The number of carbonyl (C=O) groups is 2. The van der Waals surface area contributed by atoms with E-state index >= 15 is 0 Å². The van der Waals surface area contributed by atoms with Crippen LogP contribution in [0.3, 0.4) is 0 Å². The summed E-state index contributed by atoms with van der Waals surface area (Å²) < 4.78 is 7.30. The van der Waals surface area contributed by atoms with Crippen molar-refractivity contribution < 1.29 is 14.3 Å². The summed E-state index contributed by atoms with van der Waals surface area (Å²) in [4.78, 5) is 33.6. The van der Waals surface area contributed by atoms with E-state index in [0.717, 1.165) is 42.5 Å². The Morgan fingerprint density at radius 1 is 1.30 bits per heavy atom. The summed E-state index contributed by atoms with van der Waals surface area (Å²) in [5, 5.41) is 1.04. The first-order chi connectivity index (χ1) is 14.5. The van der Waals surface area contributed by atoms with E-state index in [2.05, 4.69) is 4.98 Å². The maximum atomic E-state index is 13.0. The Hall–Kier alpha value is -2.48. The third-order valence-corrected chi connectivity index (χ3v) is 7.28. The summed E-state index contributed by atoms with van der Waals surface area (Å²) in [6.07, 6.45) is 6.07. The standard InChI is InChI=1S/C22H28N4O3S/c1-24-11-8-23-22(24)30-15-16-6-9-25(10-7-16)21(28)17-12-20(27)26(14-17)18-4-3-5-19(13-18)29-2/h3-5,8,11,13,16-17H,6-7,9-10,12,14-15H2,1-2H3. The summed E-state index contributed by atoms with van der Waals surface area (Å²) >= 11 is 1.78. The molecule has 0 bridgehead atoms. The van der Waals surface area contributed by atoms with Gasteiger partial charge in [-0.1, -0.05) is 17.8 Å². The molecule has 30 heavy (non-hydrogen) atoms. The number of thioether (sulfide) groups is 1. The summed E-state index contributed by atoms with van der Waals surface area (Å²) in [5.41, 5.74) is 0.791. The number of amides is 2. The average Bonchev–Trinajstić information content (AvgIpc) is 3.37. The van der Waals surface area contributed by atoms with Crippen LogP contribution in [0, 0.1) is 11.8 Å². The molecule has 0 saturated carbocycles. The highest BCUT2D eigenvalue weighted by molar-refractivity contribution is 7.99. The first kappa shape index (κ1) is 20.8. The normalized spacial score (nSPS) is 20.1. The molecule has 1 aromatic carbocycles. The second-order valence-electron chi connectivity index (χ2n) is 8.01. The molecule has 0 N–H and O–H groups in total. The minimum atomic E-state index is -0.262. The van der Waals surface area contributed by atoms with Gasteiger partial charge < -0.3 is 19.1 Å². The predicted molar refractivity (Wildman–Crippen MR) is 117 cm³/mol. The third-order valence-electron chi connectivity index (χ3n) is 5.99. The summed E-state index contributed by atoms with van der Waals surface area (Å²) in [7, 11) is 3.62. The number of nitrogens with zero attached hydrogens (tertiary/aromatic N) is 4. The highest BCUT2D eigenvalue weighted by Crippen LogP contribution is 2.31. The monoisotopic (exact) mass is 428 g/mol. The van der Waals surface area contributed by atoms with Gasteiger partial charge in [-0.05, 0) is 30.9 Å². The van der Waals surface area contributed by atoms with E-state index in [9.17, 15) is 9.59 Å². The fraction of sp³-hybridized carbons (Fsp3) is 0.500. The molecule has 1 aromatic heterocycles. The van der Waals surface area contributed by atoms with Gasteiger partial charge in [-0.15, -0.1) is 0 Å². The van der Waals surface area contributed by atoms with Crippen molar-refractivity contribution in [1.29, 1.82) is 0 Å². The first-order valence-corrected chi connectivity index (χ1v) is 11.4. The van der Waals surface area contributed by atoms with Crippen molar-refractivity contribution in [2.75, 3.05) is 37.4 Å². The molecule has 7 nitrogen and oxygen atoms in total. The van der Waals surface area contributed by atoms with E-state index in [1.54, 1.807) is 23.8 Å². The van der Waals surface area contributed by atoms with Crippen molar-refractivity contribution in [2.45, 2.75) is 24.4 Å².